The second-order valence-electron chi connectivity index (χ2n) is 4.66. The molecule has 1 nitrogen and oxygen atoms in total. The standard InChI is InChI=1S/C12H18ClNS/c1-8(2)5-6-14-10-3-4-11-9(10)7-12(13)15-11/h7-8,10,14H,3-6H2,1-2H3. The van der Waals surface area contributed by atoms with Gasteiger partial charge in [0.1, 0.15) is 0 Å². The Morgan fingerprint density at radius 2 is 2.40 bits per heavy atom. The highest BCUT2D eigenvalue weighted by Crippen LogP contribution is 2.39. The van der Waals surface area contributed by atoms with Crippen LogP contribution in [0.25, 0.3) is 0 Å². The van der Waals surface area contributed by atoms with Gasteiger partial charge in [-0.05, 0) is 43.4 Å². The van der Waals surface area contributed by atoms with E-state index in [1.54, 1.807) is 11.3 Å². The Balaban J connectivity index is 1.90. The van der Waals surface area contributed by atoms with E-state index in [-0.39, 0.29) is 0 Å². The molecule has 0 radical (unpaired) electrons. The smallest absolute Gasteiger partial charge is 0.0934 e. The zero-order valence-electron chi connectivity index (χ0n) is 9.35. The van der Waals surface area contributed by atoms with Crippen molar-refractivity contribution in [2.45, 2.75) is 39.2 Å². The van der Waals surface area contributed by atoms with Crippen LogP contribution in [0.5, 0.6) is 0 Å². The van der Waals surface area contributed by atoms with Crippen molar-refractivity contribution >= 4 is 22.9 Å². The zero-order chi connectivity index (χ0) is 10.8. The summed E-state index contributed by atoms with van der Waals surface area (Å²) in [4.78, 5) is 1.49. The summed E-state index contributed by atoms with van der Waals surface area (Å²) in [5, 5.41) is 3.63. The van der Waals surface area contributed by atoms with Crippen molar-refractivity contribution in [1.29, 1.82) is 0 Å². The third-order valence-electron chi connectivity index (χ3n) is 2.96. The average Bonchev–Trinajstić information content (AvgIpc) is 2.65. The summed E-state index contributed by atoms with van der Waals surface area (Å²) in [7, 11) is 0. The van der Waals surface area contributed by atoms with Crippen LogP contribution >= 0.6 is 22.9 Å². The number of hydrogen-bond acceptors (Lipinski definition) is 2. The fourth-order valence-electron chi connectivity index (χ4n) is 2.09. The molecule has 1 aliphatic rings. The van der Waals surface area contributed by atoms with Crippen molar-refractivity contribution in [2.75, 3.05) is 6.54 Å². The van der Waals surface area contributed by atoms with Crippen LogP contribution in [-0.2, 0) is 6.42 Å². The van der Waals surface area contributed by atoms with Crippen LogP contribution in [0.2, 0.25) is 4.34 Å². The normalized spacial score (nSPS) is 19.9. The Hall–Kier alpha value is -0.0500. The maximum Gasteiger partial charge on any atom is 0.0934 e. The third kappa shape index (κ3) is 2.74. The van der Waals surface area contributed by atoms with Crippen LogP contribution < -0.4 is 5.32 Å². The molecule has 84 valence electrons. The first-order valence-electron chi connectivity index (χ1n) is 5.68. The predicted octanol–water partition coefficient (Wildman–Crippen LogP) is 4.02. The molecule has 0 spiro atoms. The Kier molecular flexibility index (Phi) is 3.70. The molecule has 1 atom stereocenters. The van der Waals surface area contributed by atoms with Gasteiger partial charge in [-0.1, -0.05) is 25.4 Å². The molecule has 1 N–H and O–H groups in total. The molecule has 1 heterocycles. The molecule has 0 aromatic carbocycles. The number of thiophene rings is 1. The van der Waals surface area contributed by atoms with E-state index in [2.05, 4.69) is 25.2 Å². The van der Waals surface area contributed by atoms with Crippen molar-refractivity contribution < 1.29 is 0 Å². The number of nitrogens with one attached hydrogen (secondary N) is 1. The largest absolute Gasteiger partial charge is 0.310 e. The first kappa shape index (κ1) is 11.4. The lowest BCUT2D eigenvalue weighted by Gasteiger charge is -2.13. The lowest BCUT2D eigenvalue weighted by molar-refractivity contribution is 0.476. The SMILES string of the molecule is CC(C)CCNC1CCc2sc(Cl)cc21. The number of fused-ring (bicyclic) bond motifs is 1. The molecular weight excluding hydrogens is 226 g/mol. The van der Waals surface area contributed by atoms with Crippen molar-refractivity contribution in [1.82, 2.24) is 5.32 Å². The number of hydrogen-bond donors (Lipinski definition) is 1. The highest BCUT2D eigenvalue weighted by atomic mass is 35.5. The second kappa shape index (κ2) is 4.86. The van der Waals surface area contributed by atoms with E-state index in [4.69, 9.17) is 11.6 Å². The summed E-state index contributed by atoms with van der Waals surface area (Å²) in [6, 6.07) is 2.70. The average molecular weight is 244 g/mol. The minimum absolute atomic E-state index is 0.558. The third-order valence-corrected chi connectivity index (χ3v) is 4.30. The Labute approximate surface area is 101 Å². The maximum absolute atomic E-state index is 6.02. The number of aryl methyl sites for hydroxylation is 1. The van der Waals surface area contributed by atoms with Gasteiger partial charge in [-0.2, -0.15) is 0 Å². The Morgan fingerprint density at radius 3 is 3.13 bits per heavy atom. The first-order valence-corrected chi connectivity index (χ1v) is 6.87. The molecular formula is C12H18ClNS. The topological polar surface area (TPSA) is 12.0 Å². The summed E-state index contributed by atoms with van der Waals surface area (Å²) in [5.74, 6) is 0.782. The maximum atomic E-state index is 6.02. The van der Waals surface area contributed by atoms with Crippen LogP contribution in [0.1, 0.15) is 43.2 Å². The van der Waals surface area contributed by atoms with Gasteiger partial charge in [0.15, 0.2) is 0 Å². The molecule has 15 heavy (non-hydrogen) atoms. The Morgan fingerprint density at radius 1 is 1.60 bits per heavy atom. The van der Waals surface area contributed by atoms with E-state index in [9.17, 15) is 0 Å². The molecule has 3 heteroatoms. The molecule has 0 bridgehead atoms. The molecule has 1 aliphatic carbocycles. The number of rotatable bonds is 4. The van der Waals surface area contributed by atoms with Crippen molar-refractivity contribution in [3.05, 3.63) is 20.8 Å². The minimum Gasteiger partial charge on any atom is -0.310 e. The van der Waals surface area contributed by atoms with Gasteiger partial charge in [0.25, 0.3) is 0 Å². The first-order chi connectivity index (χ1) is 7.16. The molecule has 0 aliphatic heterocycles. The molecule has 0 amide bonds. The summed E-state index contributed by atoms with van der Waals surface area (Å²) in [6.07, 6.45) is 3.70. The molecule has 1 aromatic heterocycles. The quantitative estimate of drug-likeness (QED) is 0.842. The highest BCUT2D eigenvalue weighted by molar-refractivity contribution is 7.16. The van der Waals surface area contributed by atoms with E-state index in [0.717, 1.165) is 16.8 Å². The van der Waals surface area contributed by atoms with Gasteiger partial charge in [0, 0.05) is 10.9 Å². The fourth-order valence-corrected chi connectivity index (χ4v) is 3.45. The van der Waals surface area contributed by atoms with Crippen LogP contribution in [0.4, 0.5) is 0 Å². The van der Waals surface area contributed by atoms with E-state index in [1.807, 2.05) is 0 Å². The van der Waals surface area contributed by atoms with Crippen LogP contribution in [0.3, 0.4) is 0 Å². The molecule has 0 saturated carbocycles. The van der Waals surface area contributed by atoms with E-state index in [0.29, 0.717) is 6.04 Å². The second-order valence-corrected chi connectivity index (χ2v) is 6.42. The number of halogens is 1. The fraction of sp³-hybridized carbons (Fsp3) is 0.667. The predicted molar refractivity (Wildman–Crippen MR) is 67.8 cm³/mol. The monoisotopic (exact) mass is 243 g/mol. The molecule has 2 rings (SSSR count). The summed E-state index contributed by atoms with van der Waals surface area (Å²) >= 11 is 7.76. The molecule has 0 fully saturated rings. The molecule has 0 saturated heterocycles. The van der Waals surface area contributed by atoms with Gasteiger partial charge in [-0.15, -0.1) is 11.3 Å². The van der Waals surface area contributed by atoms with Gasteiger partial charge in [-0.25, -0.2) is 0 Å². The van der Waals surface area contributed by atoms with Gasteiger partial charge < -0.3 is 5.32 Å². The van der Waals surface area contributed by atoms with Crippen molar-refractivity contribution in [3.63, 3.8) is 0 Å². The van der Waals surface area contributed by atoms with E-state index >= 15 is 0 Å². The lowest BCUT2D eigenvalue weighted by Crippen LogP contribution is -2.21. The molecule has 1 unspecified atom stereocenters. The van der Waals surface area contributed by atoms with Gasteiger partial charge in [0.2, 0.25) is 0 Å². The lowest BCUT2D eigenvalue weighted by atomic mass is 10.1. The van der Waals surface area contributed by atoms with Gasteiger partial charge >= 0.3 is 0 Å². The van der Waals surface area contributed by atoms with Crippen LogP contribution in [0, 0.1) is 5.92 Å². The Bertz CT molecular complexity index is 332. The van der Waals surface area contributed by atoms with Crippen LogP contribution in [-0.4, -0.2) is 6.54 Å². The van der Waals surface area contributed by atoms with Crippen molar-refractivity contribution in [3.8, 4) is 0 Å². The van der Waals surface area contributed by atoms with E-state index < -0.39 is 0 Å². The highest BCUT2D eigenvalue weighted by Gasteiger charge is 2.24. The van der Waals surface area contributed by atoms with Crippen LogP contribution in [0.15, 0.2) is 6.07 Å². The summed E-state index contributed by atoms with van der Waals surface area (Å²) in [6.45, 7) is 5.65. The van der Waals surface area contributed by atoms with Gasteiger partial charge in [0.05, 0.1) is 4.34 Å². The summed E-state index contributed by atoms with van der Waals surface area (Å²) < 4.78 is 0.940. The zero-order valence-corrected chi connectivity index (χ0v) is 10.9. The minimum atomic E-state index is 0.558. The van der Waals surface area contributed by atoms with E-state index in [1.165, 1.54) is 29.7 Å². The van der Waals surface area contributed by atoms with Crippen molar-refractivity contribution in [2.24, 2.45) is 5.92 Å². The molecule has 1 aromatic rings. The summed E-state index contributed by atoms with van der Waals surface area (Å²) in [5.41, 5.74) is 1.45. The van der Waals surface area contributed by atoms with Gasteiger partial charge in [-0.3, -0.25) is 0 Å².